The van der Waals surface area contributed by atoms with Crippen LogP contribution in [0.2, 0.25) is 0 Å². The molecule has 108 valence electrons. The zero-order valence-electron chi connectivity index (χ0n) is 11.2. The molecule has 0 aromatic carbocycles. The smallest absolute Gasteiger partial charge is 0.161 e. The second kappa shape index (κ2) is 5.21. The molecule has 2 fully saturated rings. The standard InChI is InChI=1S/C12H21N3O3S/c1-15(2)12-14-8-10(17)9(16)7(18-11(8)19-12)5-13-6-3-4-6/h6-11,13,16-17H,3-5H2,1-2H3. The fourth-order valence-corrected chi connectivity index (χ4v) is 3.53. The Kier molecular flexibility index (Phi) is 3.74. The zero-order valence-corrected chi connectivity index (χ0v) is 12.0. The molecule has 0 aromatic heterocycles. The molecular formula is C12H21N3O3S. The molecular weight excluding hydrogens is 266 g/mol. The number of ether oxygens (including phenoxy) is 1. The monoisotopic (exact) mass is 287 g/mol. The maximum atomic E-state index is 10.2. The third-order valence-corrected chi connectivity index (χ3v) is 5.02. The minimum absolute atomic E-state index is 0.193. The van der Waals surface area contributed by atoms with E-state index in [1.165, 1.54) is 24.6 Å². The number of thioether (sulfide) groups is 1. The van der Waals surface area contributed by atoms with Gasteiger partial charge in [-0.05, 0) is 12.8 Å². The van der Waals surface area contributed by atoms with Crippen LogP contribution in [0, 0.1) is 0 Å². The van der Waals surface area contributed by atoms with E-state index < -0.39 is 12.2 Å². The van der Waals surface area contributed by atoms with Crippen molar-refractivity contribution in [3.05, 3.63) is 0 Å². The summed E-state index contributed by atoms with van der Waals surface area (Å²) in [7, 11) is 3.83. The van der Waals surface area contributed by atoms with Crippen LogP contribution in [0.5, 0.6) is 0 Å². The Balaban J connectivity index is 1.64. The second-order valence-electron chi connectivity index (χ2n) is 5.62. The van der Waals surface area contributed by atoms with E-state index in [9.17, 15) is 10.2 Å². The quantitative estimate of drug-likeness (QED) is 0.632. The van der Waals surface area contributed by atoms with Crippen LogP contribution in [0.25, 0.3) is 0 Å². The van der Waals surface area contributed by atoms with Gasteiger partial charge >= 0.3 is 0 Å². The predicted octanol–water partition coefficient (Wildman–Crippen LogP) is -0.782. The number of hydrogen-bond acceptors (Lipinski definition) is 7. The third kappa shape index (κ3) is 2.75. The van der Waals surface area contributed by atoms with Crippen LogP contribution >= 0.6 is 11.8 Å². The molecule has 3 aliphatic rings. The lowest BCUT2D eigenvalue weighted by atomic mass is 9.98. The van der Waals surface area contributed by atoms with Crippen LogP contribution in [0.4, 0.5) is 0 Å². The maximum Gasteiger partial charge on any atom is 0.161 e. The van der Waals surface area contributed by atoms with Crippen molar-refractivity contribution in [2.45, 2.75) is 48.7 Å². The first-order chi connectivity index (χ1) is 9.06. The number of aliphatic imine (C=N–C) groups is 1. The second-order valence-corrected chi connectivity index (χ2v) is 6.69. The number of aliphatic hydroxyl groups is 2. The number of amidine groups is 1. The summed E-state index contributed by atoms with van der Waals surface area (Å²) >= 11 is 1.52. The van der Waals surface area contributed by atoms with Gasteiger partial charge < -0.3 is 25.2 Å². The lowest BCUT2D eigenvalue weighted by molar-refractivity contribution is -0.150. The van der Waals surface area contributed by atoms with E-state index in [0.29, 0.717) is 12.6 Å². The lowest BCUT2D eigenvalue weighted by Gasteiger charge is -2.38. The minimum atomic E-state index is -0.877. The number of hydrogen-bond donors (Lipinski definition) is 3. The molecule has 1 aliphatic carbocycles. The van der Waals surface area contributed by atoms with Crippen molar-refractivity contribution in [3.63, 3.8) is 0 Å². The van der Waals surface area contributed by atoms with Gasteiger partial charge in [-0.25, -0.2) is 0 Å². The van der Waals surface area contributed by atoms with Gasteiger partial charge in [0, 0.05) is 26.7 Å². The Hall–Kier alpha value is -0.340. The van der Waals surface area contributed by atoms with Crippen molar-refractivity contribution < 1.29 is 14.9 Å². The molecule has 5 atom stereocenters. The molecule has 0 bridgehead atoms. The first-order valence-electron chi connectivity index (χ1n) is 6.73. The third-order valence-electron chi connectivity index (χ3n) is 3.72. The van der Waals surface area contributed by atoms with Gasteiger partial charge in [0.15, 0.2) is 5.17 Å². The van der Waals surface area contributed by atoms with Crippen molar-refractivity contribution in [1.82, 2.24) is 10.2 Å². The van der Waals surface area contributed by atoms with Gasteiger partial charge in [-0.15, -0.1) is 0 Å². The van der Waals surface area contributed by atoms with Gasteiger partial charge in [0.25, 0.3) is 0 Å². The molecule has 0 radical (unpaired) electrons. The predicted molar refractivity (Wildman–Crippen MR) is 74.2 cm³/mol. The van der Waals surface area contributed by atoms with Gasteiger partial charge in [-0.1, -0.05) is 11.8 Å². The molecule has 0 aromatic rings. The Bertz CT molecular complexity index is 375. The van der Waals surface area contributed by atoms with Crippen LogP contribution in [0.15, 0.2) is 4.99 Å². The highest BCUT2D eigenvalue weighted by atomic mass is 32.2. The lowest BCUT2D eigenvalue weighted by Crippen LogP contribution is -2.57. The van der Waals surface area contributed by atoms with Gasteiger partial charge in [-0.2, -0.15) is 0 Å². The zero-order chi connectivity index (χ0) is 13.6. The van der Waals surface area contributed by atoms with Crippen LogP contribution < -0.4 is 5.32 Å². The molecule has 3 rings (SSSR count). The Morgan fingerprint density at radius 3 is 2.74 bits per heavy atom. The summed E-state index contributed by atoms with van der Waals surface area (Å²) in [4.78, 5) is 6.34. The normalized spacial score (nSPS) is 41.9. The number of nitrogens with zero attached hydrogens (tertiary/aromatic N) is 2. The van der Waals surface area contributed by atoms with Crippen LogP contribution in [0.1, 0.15) is 12.8 Å². The van der Waals surface area contributed by atoms with E-state index in [-0.39, 0.29) is 17.6 Å². The van der Waals surface area contributed by atoms with Gasteiger partial charge in [0.2, 0.25) is 0 Å². The molecule has 5 unspecified atom stereocenters. The van der Waals surface area contributed by atoms with Crippen LogP contribution in [-0.2, 0) is 4.74 Å². The molecule has 2 aliphatic heterocycles. The first-order valence-corrected chi connectivity index (χ1v) is 7.61. The van der Waals surface area contributed by atoms with E-state index in [0.717, 1.165) is 5.17 Å². The van der Waals surface area contributed by atoms with Crippen LogP contribution in [0.3, 0.4) is 0 Å². The van der Waals surface area contributed by atoms with Crippen molar-refractivity contribution in [2.75, 3.05) is 20.6 Å². The number of rotatable bonds is 3. The van der Waals surface area contributed by atoms with Crippen molar-refractivity contribution >= 4 is 16.9 Å². The Morgan fingerprint density at radius 2 is 2.11 bits per heavy atom. The number of aliphatic hydroxyl groups excluding tert-OH is 2. The van der Waals surface area contributed by atoms with E-state index >= 15 is 0 Å². The molecule has 2 heterocycles. The summed E-state index contributed by atoms with van der Waals surface area (Å²) < 4.78 is 5.90. The highest BCUT2D eigenvalue weighted by Gasteiger charge is 2.48. The summed E-state index contributed by atoms with van der Waals surface area (Å²) in [6.45, 7) is 0.587. The highest BCUT2D eigenvalue weighted by Crippen LogP contribution is 2.37. The molecule has 6 nitrogen and oxygen atoms in total. The van der Waals surface area contributed by atoms with Gasteiger partial charge in [-0.3, -0.25) is 4.99 Å². The van der Waals surface area contributed by atoms with E-state index in [1.807, 2.05) is 19.0 Å². The summed E-state index contributed by atoms with van der Waals surface area (Å²) in [5.74, 6) is 0. The molecule has 1 saturated carbocycles. The molecule has 1 saturated heterocycles. The average Bonchev–Trinajstić information content (AvgIpc) is 3.09. The Morgan fingerprint density at radius 1 is 1.37 bits per heavy atom. The number of nitrogens with one attached hydrogen (secondary N) is 1. The summed E-state index contributed by atoms with van der Waals surface area (Å²) in [5.41, 5.74) is -0.193. The molecule has 19 heavy (non-hydrogen) atoms. The molecule has 3 N–H and O–H groups in total. The fraction of sp³-hybridized carbons (Fsp3) is 0.917. The summed E-state index contributed by atoms with van der Waals surface area (Å²) in [5, 5.41) is 24.5. The summed E-state index contributed by atoms with van der Waals surface area (Å²) in [6.07, 6.45) is 0.300. The van der Waals surface area contributed by atoms with Gasteiger partial charge in [0.1, 0.15) is 29.8 Å². The maximum absolute atomic E-state index is 10.2. The molecule has 0 spiro atoms. The average molecular weight is 287 g/mol. The first kappa shape index (κ1) is 13.6. The SMILES string of the molecule is CN(C)C1=NC2C(OC(CNC3CC3)C(O)C2O)S1. The van der Waals surface area contributed by atoms with Gasteiger partial charge in [0.05, 0.1) is 0 Å². The van der Waals surface area contributed by atoms with Crippen molar-refractivity contribution in [3.8, 4) is 0 Å². The van der Waals surface area contributed by atoms with Crippen molar-refractivity contribution in [1.29, 1.82) is 0 Å². The molecule has 7 heteroatoms. The topological polar surface area (TPSA) is 77.3 Å². The van der Waals surface area contributed by atoms with Crippen LogP contribution in [-0.4, -0.2) is 76.8 Å². The number of fused-ring (bicyclic) bond motifs is 1. The van der Waals surface area contributed by atoms with Crippen molar-refractivity contribution in [2.24, 2.45) is 4.99 Å². The fourth-order valence-electron chi connectivity index (χ4n) is 2.37. The van der Waals surface area contributed by atoms with E-state index in [2.05, 4.69) is 10.3 Å². The largest absolute Gasteiger partial charge is 0.388 e. The minimum Gasteiger partial charge on any atom is -0.388 e. The summed E-state index contributed by atoms with van der Waals surface area (Å²) in [6, 6.07) is 0.199. The Labute approximate surface area is 117 Å². The van der Waals surface area contributed by atoms with E-state index in [1.54, 1.807) is 0 Å². The molecule has 0 amide bonds. The highest BCUT2D eigenvalue weighted by molar-refractivity contribution is 8.14. The van der Waals surface area contributed by atoms with E-state index in [4.69, 9.17) is 4.74 Å².